The van der Waals surface area contributed by atoms with Gasteiger partial charge in [0.1, 0.15) is 6.61 Å². The lowest BCUT2D eigenvalue weighted by Crippen LogP contribution is -2.13. The van der Waals surface area contributed by atoms with E-state index in [9.17, 15) is 4.79 Å². The molecule has 9 heteroatoms. The predicted molar refractivity (Wildman–Crippen MR) is 103 cm³/mol. The van der Waals surface area contributed by atoms with Gasteiger partial charge in [-0.25, -0.2) is 9.89 Å². The minimum absolute atomic E-state index is 0.222. The Hall–Kier alpha value is -3.39. The number of H-pyrrole nitrogens is 1. The van der Waals surface area contributed by atoms with Gasteiger partial charge in [0, 0.05) is 10.6 Å². The zero-order valence-corrected chi connectivity index (χ0v) is 15.1. The highest BCUT2D eigenvalue weighted by molar-refractivity contribution is 6.30. The van der Waals surface area contributed by atoms with E-state index < -0.39 is 5.69 Å². The summed E-state index contributed by atoms with van der Waals surface area (Å²) >= 11 is 6.01. The van der Waals surface area contributed by atoms with Crippen molar-refractivity contribution < 1.29 is 9.47 Å². The lowest BCUT2D eigenvalue weighted by Gasteiger charge is -2.13. The van der Waals surface area contributed by atoms with Gasteiger partial charge in [-0.2, -0.15) is 15.2 Å². The third kappa shape index (κ3) is 5.05. The van der Waals surface area contributed by atoms with Crippen LogP contribution in [0.4, 0.5) is 5.82 Å². The molecule has 1 aromatic heterocycles. The van der Waals surface area contributed by atoms with Gasteiger partial charge in [-0.15, -0.1) is 0 Å². The molecule has 0 bridgehead atoms. The Balaban J connectivity index is 1.78. The van der Waals surface area contributed by atoms with E-state index in [1.165, 1.54) is 6.20 Å². The van der Waals surface area contributed by atoms with E-state index in [1.54, 1.807) is 25.5 Å². The summed E-state index contributed by atoms with van der Waals surface area (Å²) in [5, 5.41) is 10.5. The number of hydrogen-bond donors (Lipinski definition) is 2. The molecule has 8 nitrogen and oxygen atoms in total. The first-order valence-corrected chi connectivity index (χ1v) is 8.28. The van der Waals surface area contributed by atoms with Crippen LogP contribution in [0.1, 0.15) is 11.1 Å². The number of nitrogens with one attached hydrogen (secondary N) is 2. The van der Waals surface area contributed by atoms with Crippen molar-refractivity contribution in [2.24, 2.45) is 5.10 Å². The van der Waals surface area contributed by atoms with Crippen LogP contribution in [0.3, 0.4) is 0 Å². The molecule has 2 aromatic carbocycles. The smallest absolute Gasteiger partial charge is 0.363 e. The molecule has 3 aromatic rings. The fraction of sp³-hybridized carbons (Fsp3) is 0.111. The van der Waals surface area contributed by atoms with E-state index in [0.717, 1.165) is 5.56 Å². The first-order chi connectivity index (χ1) is 13.2. The summed E-state index contributed by atoms with van der Waals surface area (Å²) in [6, 6.07) is 12.8. The number of methoxy groups -OCH3 is 1. The molecule has 0 radical (unpaired) electrons. The van der Waals surface area contributed by atoms with Gasteiger partial charge < -0.3 is 9.47 Å². The first-order valence-electron chi connectivity index (χ1n) is 7.91. The quantitative estimate of drug-likeness (QED) is 0.479. The van der Waals surface area contributed by atoms with Crippen LogP contribution < -0.4 is 20.6 Å². The minimum Gasteiger partial charge on any atom is -0.493 e. The number of para-hydroxylation sites is 1. The molecule has 2 N–H and O–H groups in total. The second kappa shape index (κ2) is 8.81. The number of anilines is 1. The van der Waals surface area contributed by atoms with Crippen molar-refractivity contribution in [3.05, 3.63) is 75.3 Å². The molecule has 0 unspecified atom stereocenters. The van der Waals surface area contributed by atoms with E-state index >= 15 is 0 Å². The number of aromatic amines is 1. The maximum absolute atomic E-state index is 11.1. The Morgan fingerprint density at radius 3 is 2.93 bits per heavy atom. The van der Waals surface area contributed by atoms with Crippen LogP contribution in [-0.2, 0) is 6.61 Å². The van der Waals surface area contributed by atoms with Gasteiger partial charge in [-0.1, -0.05) is 29.8 Å². The van der Waals surface area contributed by atoms with Crippen LogP contribution in [0, 0.1) is 0 Å². The standard InChI is InChI=1S/C18H16ClN5O3/c1-26-15-7-3-5-13(9-20-23-16-10-21-24-18(25)22-16)17(15)27-11-12-4-2-6-14(19)8-12/h2-10H,11H2,1H3,(H2,22,23,24,25)/b20-9+. The van der Waals surface area contributed by atoms with Gasteiger partial charge >= 0.3 is 5.69 Å². The Labute approximate surface area is 159 Å². The van der Waals surface area contributed by atoms with Crippen LogP contribution >= 0.6 is 11.6 Å². The van der Waals surface area contributed by atoms with E-state index in [1.807, 2.05) is 30.3 Å². The van der Waals surface area contributed by atoms with Crippen molar-refractivity contribution in [2.75, 3.05) is 12.5 Å². The molecule has 3 rings (SSSR count). The van der Waals surface area contributed by atoms with Gasteiger partial charge in [-0.05, 0) is 29.8 Å². The molecule has 0 saturated carbocycles. The molecule has 1 heterocycles. The normalized spacial score (nSPS) is 10.7. The zero-order chi connectivity index (χ0) is 19.1. The summed E-state index contributed by atoms with van der Waals surface area (Å²) in [5.74, 6) is 1.32. The van der Waals surface area contributed by atoms with Crippen LogP contribution in [0.15, 0.2) is 58.6 Å². The minimum atomic E-state index is -0.567. The van der Waals surface area contributed by atoms with Crippen molar-refractivity contribution in [3.8, 4) is 11.5 Å². The average Bonchev–Trinajstić information content (AvgIpc) is 2.67. The third-order valence-electron chi connectivity index (χ3n) is 3.45. The Morgan fingerprint density at radius 2 is 2.15 bits per heavy atom. The molecule has 0 aliphatic heterocycles. The Morgan fingerprint density at radius 1 is 1.30 bits per heavy atom. The number of rotatable bonds is 7. The SMILES string of the molecule is COc1cccc(/C=N/Nc2cn[nH]c(=O)n2)c1OCc1cccc(Cl)c1. The van der Waals surface area contributed by atoms with Crippen LogP contribution in [0.25, 0.3) is 0 Å². The number of aromatic nitrogens is 3. The summed E-state index contributed by atoms with van der Waals surface area (Å²) in [6.07, 6.45) is 2.89. The highest BCUT2D eigenvalue weighted by atomic mass is 35.5. The largest absolute Gasteiger partial charge is 0.493 e. The Bertz CT molecular complexity index is 1010. The van der Waals surface area contributed by atoms with Gasteiger partial charge in [0.05, 0.1) is 19.5 Å². The monoisotopic (exact) mass is 385 g/mol. The summed E-state index contributed by atoms with van der Waals surface area (Å²) in [4.78, 5) is 14.8. The zero-order valence-electron chi connectivity index (χ0n) is 14.3. The van der Waals surface area contributed by atoms with Crippen molar-refractivity contribution in [3.63, 3.8) is 0 Å². The van der Waals surface area contributed by atoms with Crippen LogP contribution in [0.5, 0.6) is 11.5 Å². The molecule has 0 fully saturated rings. The number of benzene rings is 2. The van der Waals surface area contributed by atoms with Gasteiger partial charge in [0.15, 0.2) is 17.3 Å². The molecule has 0 saturated heterocycles. The first kappa shape index (κ1) is 18.4. The van der Waals surface area contributed by atoms with Crippen molar-refractivity contribution >= 4 is 23.6 Å². The molecule has 0 aliphatic rings. The number of hydrogen-bond acceptors (Lipinski definition) is 7. The van der Waals surface area contributed by atoms with Gasteiger partial charge in [0.2, 0.25) is 0 Å². The second-order valence-electron chi connectivity index (χ2n) is 5.34. The average molecular weight is 386 g/mol. The third-order valence-corrected chi connectivity index (χ3v) is 3.69. The van der Waals surface area contributed by atoms with Crippen molar-refractivity contribution in [1.82, 2.24) is 15.2 Å². The lowest BCUT2D eigenvalue weighted by atomic mass is 10.2. The highest BCUT2D eigenvalue weighted by Gasteiger charge is 2.10. The fourth-order valence-electron chi connectivity index (χ4n) is 2.27. The van der Waals surface area contributed by atoms with E-state index in [-0.39, 0.29) is 5.82 Å². The van der Waals surface area contributed by atoms with E-state index in [2.05, 4.69) is 25.7 Å². The summed E-state index contributed by atoms with van der Waals surface area (Å²) in [7, 11) is 1.56. The lowest BCUT2D eigenvalue weighted by molar-refractivity contribution is 0.284. The van der Waals surface area contributed by atoms with E-state index in [0.29, 0.717) is 28.7 Å². The van der Waals surface area contributed by atoms with Gasteiger partial charge in [0.25, 0.3) is 0 Å². The van der Waals surface area contributed by atoms with Gasteiger partial charge in [-0.3, -0.25) is 5.43 Å². The molecular weight excluding hydrogens is 370 g/mol. The highest BCUT2D eigenvalue weighted by Crippen LogP contribution is 2.31. The molecule has 0 atom stereocenters. The molecule has 0 aliphatic carbocycles. The molecule has 27 heavy (non-hydrogen) atoms. The number of halogens is 1. The van der Waals surface area contributed by atoms with E-state index in [4.69, 9.17) is 21.1 Å². The van der Waals surface area contributed by atoms with Crippen LogP contribution in [0.2, 0.25) is 5.02 Å². The Kier molecular flexibility index (Phi) is 6.01. The summed E-state index contributed by atoms with van der Waals surface area (Å²) in [5.41, 5.74) is 3.68. The molecule has 138 valence electrons. The fourth-order valence-corrected chi connectivity index (χ4v) is 2.48. The van der Waals surface area contributed by atoms with Crippen LogP contribution in [-0.4, -0.2) is 28.5 Å². The number of hydrazone groups is 1. The summed E-state index contributed by atoms with van der Waals surface area (Å²) in [6.45, 7) is 0.314. The summed E-state index contributed by atoms with van der Waals surface area (Å²) < 4.78 is 11.3. The second-order valence-corrected chi connectivity index (χ2v) is 5.78. The topological polar surface area (TPSA) is 101 Å². The maximum atomic E-state index is 11.1. The maximum Gasteiger partial charge on any atom is 0.363 e. The molecule has 0 amide bonds. The molecule has 0 spiro atoms. The van der Waals surface area contributed by atoms with Crippen molar-refractivity contribution in [1.29, 1.82) is 0 Å². The number of nitrogens with zero attached hydrogens (tertiary/aromatic N) is 3. The van der Waals surface area contributed by atoms with Crippen molar-refractivity contribution in [2.45, 2.75) is 6.61 Å². The predicted octanol–water partition coefficient (Wildman–Crippen LogP) is 2.85. The number of ether oxygens (including phenoxy) is 2. The molecular formula is C18H16ClN5O3.